The fraction of sp³-hybridized carbons (Fsp3) is 0.975. The van der Waals surface area contributed by atoms with Crippen LogP contribution in [0.4, 0.5) is 0 Å². The average Bonchev–Trinajstić information content (AvgIpc) is 3.55. The molecular formula is C40H68N2O36P-3. The zero-order valence-corrected chi connectivity index (χ0v) is 42.0. The number of hydrogen-bond acceptors (Lipinski definition) is 37. The molecule has 30 atom stereocenters. The maximum atomic E-state index is 11.8. The molecule has 39 heteroatoms. The normalized spacial score (nSPS) is 47.2. The van der Waals surface area contributed by atoms with Gasteiger partial charge in [0.15, 0.2) is 37.7 Å². The van der Waals surface area contributed by atoms with Crippen LogP contribution in [0.2, 0.25) is 0 Å². The first kappa shape index (κ1) is 66.4. The lowest BCUT2D eigenvalue weighted by atomic mass is 9.96. The molecule has 0 aliphatic carbocycles. The van der Waals surface area contributed by atoms with Crippen molar-refractivity contribution < 1.29 is 177 Å². The number of phosphoric acid groups is 1. The van der Waals surface area contributed by atoms with Gasteiger partial charge in [0, 0.05) is 6.42 Å². The van der Waals surface area contributed by atoms with Crippen molar-refractivity contribution in [2.75, 3.05) is 46.2 Å². The second-order valence-electron chi connectivity index (χ2n) is 19.0. The Balaban J connectivity index is 1.19. The summed E-state index contributed by atoms with van der Waals surface area (Å²) in [5, 5.41) is 194. The van der Waals surface area contributed by atoms with E-state index >= 15 is 0 Å². The maximum Gasteiger partial charge on any atom is 0.233 e. The van der Waals surface area contributed by atoms with E-state index in [1.807, 2.05) is 5.43 Å². The van der Waals surface area contributed by atoms with Crippen molar-refractivity contribution in [2.45, 2.75) is 197 Å². The number of hydrogen-bond donors (Lipinski definition) is 19. The predicted octanol–water partition coefficient (Wildman–Crippen LogP) is -16.2. The van der Waals surface area contributed by atoms with E-state index in [2.05, 4.69) is 9.41 Å². The van der Waals surface area contributed by atoms with Crippen molar-refractivity contribution in [1.82, 2.24) is 5.43 Å². The van der Waals surface area contributed by atoms with E-state index in [1.165, 1.54) is 0 Å². The summed E-state index contributed by atoms with van der Waals surface area (Å²) in [7, 11) is -5.71. The van der Waals surface area contributed by atoms with Gasteiger partial charge >= 0.3 is 0 Å². The minimum Gasteiger partial charge on any atom is -0.790 e. The topological polar surface area (TPSA) is 615 Å². The zero-order chi connectivity index (χ0) is 58.4. The Bertz CT molecular complexity index is 1910. The van der Waals surface area contributed by atoms with E-state index in [-0.39, 0.29) is 19.4 Å². The molecule has 1 amide bonds. The Kier molecular flexibility index (Phi) is 24.7. The molecule has 79 heavy (non-hydrogen) atoms. The summed E-state index contributed by atoms with van der Waals surface area (Å²) < 4.78 is 82.9. The number of aliphatic hydroxyl groups is 17. The fourth-order valence-electron chi connectivity index (χ4n) is 9.09. The van der Waals surface area contributed by atoms with Gasteiger partial charge in [0.05, 0.1) is 54.1 Å². The smallest absolute Gasteiger partial charge is 0.233 e. The molecule has 12 unspecified atom stereocenters. The summed E-state index contributed by atoms with van der Waals surface area (Å²) in [4.78, 5) is 37.8. The molecule has 0 radical (unpaired) electrons. The van der Waals surface area contributed by atoms with Crippen LogP contribution in [0.3, 0.4) is 0 Å². The fourth-order valence-corrected chi connectivity index (χ4v) is 9.42. The highest BCUT2D eigenvalue weighted by Gasteiger charge is 2.56. The first-order chi connectivity index (χ1) is 37.3. The summed E-state index contributed by atoms with van der Waals surface area (Å²) in [6.07, 6.45) is -60.4. The van der Waals surface area contributed by atoms with Crippen LogP contribution in [-0.2, 0) is 75.6 Å². The monoisotopic (exact) mass is 1180 g/mol. The van der Waals surface area contributed by atoms with Gasteiger partial charge < -0.3 is 173 Å². The highest BCUT2D eigenvalue weighted by Crippen LogP contribution is 2.36. The number of rotatable bonds is 24. The van der Waals surface area contributed by atoms with E-state index in [9.17, 15) is 111 Å². The van der Waals surface area contributed by atoms with E-state index in [0.717, 1.165) is 0 Å². The molecule has 6 heterocycles. The molecule has 0 aromatic carbocycles. The van der Waals surface area contributed by atoms with Crippen LogP contribution >= 0.6 is 7.82 Å². The number of phosphoric ester groups is 1. The molecule has 6 fully saturated rings. The van der Waals surface area contributed by atoms with Crippen LogP contribution in [0.5, 0.6) is 0 Å². The van der Waals surface area contributed by atoms with Crippen molar-refractivity contribution in [2.24, 2.45) is 5.84 Å². The molecule has 0 saturated carbocycles. The Labute approximate surface area is 445 Å². The van der Waals surface area contributed by atoms with Gasteiger partial charge in [-0.1, -0.05) is 0 Å². The second-order valence-corrected chi connectivity index (χ2v) is 20.2. The predicted molar refractivity (Wildman–Crippen MR) is 230 cm³/mol. The average molecular weight is 1180 g/mol. The van der Waals surface area contributed by atoms with Gasteiger partial charge in [-0.2, -0.15) is 0 Å². The lowest BCUT2D eigenvalue weighted by Gasteiger charge is -2.49. The van der Waals surface area contributed by atoms with Crippen LogP contribution in [0.15, 0.2) is 0 Å². The molecule has 462 valence electrons. The minimum absolute atomic E-state index is 0.0704. The number of nitrogens with one attached hydrogen (secondary N) is 1. The van der Waals surface area contributed by atoms with Crippen molar-refractivity contribution in [3.05, 3.63) is 0 Å². The quantitative estimate of drug-likeness (QED) is 0.0107. The highest BCUT2D eigenvalue weighted by atomic mass is 31.2. The molecule has 6 saturated heterocycles. The molecule has 6 aliphatic rings. The molecule has 0 bridgehead atoms. The van der Waals surface area contributed by atoms with E-state index in [4.69, 9.17) is 62.7 Å². The number of hydrazine groups is 1. The van der Waals surface area contributed by atoms with Crippen LogP contribution < -0.4 is 26.3 Å². The summed E-state index contributed by atoms with van der Waals surface area (Å²) in [5.74, 6) is 4.50. The van der Waals surface area contributed by atoms with E-state index in [1.54, 1.807) is 0 Å². The lowest BCUT2D eigenvalue weighted by molar-refractivity contribution is -0.692. The van der Waals surface area contributed by atoms with Gasteiger partial charge in [-0.05, 0) is 6.42 Å². The van der Waals surface area contributed by atoms with Gasteiger partial charge in [-0.15, -0.1) is 0 Å². The Morgan fingerprint density at radius 3 is 1.30 bits per heavy atom. The Morgan fingerprint density at radius 2 is 0.823 bits per heavy atom. The number of carbonyl (C=O) groups excluding carboxylic acids is 1. The SMILES string of the molecule is NNC(=O)CCCO[C@@H]1OC(CO[C@H]2OC(CO[C@H]3OC(CO)[C@@H](O)[C@H](O)C3O[C@H]3OC(CO[O-])[C@@H](O)[C@H](O)C3O)[C@@H](O)[C@H](O)C2O)[C@@H](O)[C@H](O[C@H]2OC(CO)[C@@H](O)[C@H](O)C2O[C@H]2OC(COP(=O)([O-])[O-])[C@@H](O)[C@H](O)C2O)C1O. The van der Waals surface area contributed by atoms with E-state index < -0.39 is 238 Å². The number of carbonyl (C=O) groups is 1. The van der Waals surface area contributed by atoms with Crippen LogP contribution in [0.25, 0.3) is 0 Å². The largest absolute Gasteiger partial charge is 0.790 e. The highest BCUT2D eigenvalue weighted by molar-refractivity contribution is 7.43. The van der Waals surface area contributed by atoms with Crippen molar-refractivity contribution in [3.8, 4) is 0 Å². The molecule has 20 N–H and O–H groups in total. The molecule has 0 aromatic heterocycles. The Morgan fingerprint density at radius 1 is 0.443 bits per heavy atom. The molecule has 38 nitrogen and oxygen atoms in total. The second kappa shape index (κ2) is 29.4. The number of ether oxygens (including phenoxy) is 12. The van der Waals surface area contributed by atoms with Gasteiger partial charge in [0.25, 0.3) is 0 Å². The number of nitrogens with two attached hydrogens (primary N) is 1. The summed E-state index contributed by atoms with van der Waals surface area (Å²) >= 11 is 0. The van der Waals surface area contributed by atoms with E-state index in [0.29, 0.717) is 0 Å². The summed E-state index contributed by atoms with van der Waals surface area (Å²) in [5.41, 5.74) is 1.89. The van der Waals surface area contributed by atoms with Crippen molar-refractivity contribution >= 4 is 13.7 Å². The standard InChI is InChI=1S/C40H71N2O36P/c41-42-16(45)2-1-3-65-36-31(60)32(76-40-34(27(56)18(47)11(5-44)71-40)78-38-30(59)25(54)21(50)15(75-38)9-69-79(62,63)64)22(51)13(73-36)7-66-35-28(57)23(52)19(48)12(72-35)6-67-39-33(26(55)17(46)10(4-43)70-39)77-37-29(58)24(53)20(49)14(74-37)8-68-61/h10-15,17-40,43-44,46-61H,1-9,41H2,(H,42,45)(H2,62,63,64)/p-3/t10?,11?,12?,13?,14?,15?,17-,18-,19-,20-,21-,22-,23+,24+,25+,26+,27+,28?,29?,30?,31?,32+,33?,34?,35+,36-,37-,38-,39+,40-/m1/s1. The zero-order valence-electron chi connectivity index (χ0n) is 41.1. The third-order valence-corrected chi connectivity index (χ3v) is 14.1. The third-order valence-electron chi connectivity index (χ3n) is 13.6. The first-order valence-electron chi connectivity index (χ1n) is 24.3. The molecule has 0 aromatic rings. The molecule has 6 rings (SSSR count). The van der Waals surface area contributed by atoms with Crippen molar-refractivity contribution in [3.63, 3.8) is 0 Å². The Hall–Kier alpha value is -1.70. The maximum absolute atomic E-state index is 11.8. The van der Waals surface area contributed by atoms with Crippen LogP contribution in [0.1, 0.15) is 12.8 Å². The first-order valence-corrected chi connectivity index (χ1v) is 25.8. The van der Waals surface area contributed by atoms with Crippen LogP contribution in [0, 0.1) is 0 Å². The summed E-state index contributed by atoms with van der Waals surface area (Å²) in [6.45, 7) is -6.29. The summed E-state index contributed by atoms with van der Waals surface area (Å²) in [6, 6.07) is 0. The number of aliphatic hydroxyl groups excluding tert-OH is 17. The molecular weight excluding hydrogens is 1120 g/mol. The van der Waals surface area contributed by atoms with Gasteiger partial charge in [-0.3, -0.25) is 10.2 Å². The van der Waals surface area contributed by atoms with Gasteiger partial charge in [0.2, 0.25) is 5.91 Å². The number of amides is 1. The third kappa shape index (κ3) is 16.0. The molecule has 0 spiro atoms. The van der Waals surface area contributed by atoms with Gasteiger partial charge in [0.1, 0.15) is 146 Å². The van der Waals surface area contributed by atoms with Crippen LogP contribution in [-0.4, -0.2) is 323 Å². The van der Waals surface area contributed by atoms with Crippen molar-refractivity contribution in [1.29, 1.82) is 0 Å². The van der Waals surface area contributed by atoms with Gasteiger partial charge in [-0.25, -0.2) is 5.84 Å². The molecule has 6 aliphatic heterocycles. The minimum atomic E-state index is -5.71. The lowest BCUT2D eigenvalue weighted by Crippen LogP contribution is -2.67.